The second-order valence-corrected chi connectivity index (χ2v) is 8.26. The van der Waals surface area contributed by atoms with E-state index in [2.05, 4.69) is 5.10 Å². The molecule has 0 atom stereocenters. The maximum Gasteiger partial charge on any atom is 0.238 e. The molecule has 23 heavy (non-hydrogen) atoms. The lowest BCUT2D eigenvalue weighted by Crippen LogP contribution is -2.18. The third-order valence-corrected chi connectivity index (χ3v) is 6.01. The fraction of sp³-hybridized carbons (Fsp3) is 0.467. The number of aromatic nitrogens is 2. The zero-order chi connectivity index (χ0) is 16.4. The number of sulfonamides is 1. The van der Waals surface area contributed by atoms with Crippen molar-refractivity contribution < 1.29 is 8.42 Å². The van der Waals surface area contributed by atoms with Crippen LogP contribution in [0.3, 0.4) is 0 Å². The van der Waals surface area contributed by atoms with E-state index in [1.807, 2.05) is 7.05 Å². The Morgan fingerprint density at radius 3 is 2.65 bits per heavy atom. The van der Waals surface area contributed by atoms with Crippen LogP contribution >= 0.6 is 11.3 Å². The van der Waals surface area contributed by atoms with Crippen LogP contribution in [0.1, 0.15) is 32.1 Å². The van der Waals surface area contributed by atoms with Crippen LogP contribution in [0.4, 0.5) is 0 Å². The van der Waals surface area contributed by atoms with Crippen LogP contribution < -0.4 is 9.94 Å². The molecule has 1 aliphatic carbocycles. The highest BCUT2D eigenvalue weighted by molar-refractivity contribution is 7.89. The van der Waals surface area contributed by atoms with E-state index in [1.165, 1.54) is 36.7 Å². The first-order chi connectivity index (χ1) is 10.9. The monoisotopic (exact) mass is 352 g/mol. The third kappa shape index (κ3) is 3.70. The van der Waals surface area contributed by atoms with Gasteiger partial charge in [0.25, 0.3) is 0 Å². The number of primary sulfonamides is 1. The first kappa shape index (κ1) is 16.4. The quantitative estimate of drug-likeness (QED) is 0.916. The summed E-state index contributed by atoms with van der Waals surface area (Å²) in [6.45, 7) is 0. The number of rotatable bonds is 3. The highest BCUT2D eigenvalue weighted by Crippen LogP contribution is 2.26. The van der Waals surface area contributed by atoms with E-state index in [9.17, 15) is 8.42 Å². The minimum absolute atomic E-state index is 0.0959. The molecule has 124 valence electrons. The molecule has 3 rings (SSSR count). The Kier molecular flexibility index (Phi) is 4.65. The Bertz CT molecular complexity index is 862. The SMILES string of the molecule is Cn1nc(-c2ccccc2S(N)(=O)=O)s/c1=N/C1CCCCC1. The third-order valence-electron chi connectivity index (χ3n) is 4.00. The molecule has 0 bridgehead atoms. The number of nitrogens with zero attached hydrogens (tertiary/aromatic N) is 3. The van der Waals surface area contributed by atoms with Crippen molar-refractivity contribution in [1.29, 1.82) is 0 Å². The van der Waals surface area contributed by atoms with Gasteiger partial charge in [0.05, 0.1) is 10.9 Å². The summed E-state index contributed by atoms with van der Waals surface area (Å²) in [7, 11) is -1.95. The summed E-state index contributed by atoms with van der Waals surface area (Å²) in [5.41, 5.74) is 0.528. The van der Waals surface area contributed by atoms with Crippen LogP contribution in [-0.4, -0.2) is 24.2 Å². The molecule has 0 saturated heterocycles. The Morgan fingerprint density at radius 2 is 1.96 bits per heavy atom. The molecule has 2 aromatic rings. The van der Waals surface area contributed by atoms with E-state index in [0.29, 0.717) is 16.6 Å². The summed E-state index contributed by atoms with van der Waals surface area (Å²) in [6.07, 6.45) is 5.95. The Hall–Kier alpha value is -1.51. The van der Waals surface area contributed by atoms with Gasteiger partial charge in [0.1, 0.15) is 5.01 Å². The minimum Gasteiger partial charge on any atom is -0.254 e. The summed E-state index contributed by atoms with van der Waals surface area (Å²) in [6, 6.07) is 7.01. The predicted molar refractivity (Wildman–Crippen MR) is 90.3 cm³/mol. The molecule has 2 N–H and O–H groups in total. The molecule has 0 unspecified atom stereocenters. The molecule has 0 aliphatic heterocycles. The molecule has 1 aromatic carbocycles. The molecule has 6 nitrogen and oxygen atoms in total. The smallest absolute Gasteiger partial charge is 0.238 e. The standard InChI is InChI=1S/C15H20N4O2S2/c1-19-15(17-11-7-3-2-4-8-11)22-14(18-19)12-9-5-6-10-13(12)23(16,20)21/h5-6,9-11H,2-4,7-8H2,1H3,(H2,16,20,21)/b17-15+. The minimum atomic E-state index is -3.79. The molecule has 0 spiro atoms. The second kappa shape index (κ2) is 6.54. The van der Waals surface area contributed by atoms with Gasteiger partial charge in [-0.15, -0.1) is 0 Å². The normalized spacial score (nSPS) is 17.6. The zero-order valence-electron chi connectivity index (χ0n) is 13.0. The Morgan fingerprint density at radius 1 is 1.26 bits per heavy atom. The molecule has 0 radical (unpaired) electrons. The van der Waals surface area contributed by atoms with Crippen LogP contribution in [0.2, 0.25) is 0 Å². The largest absolute Gasteiger partial charge is 0.254 e. The van der Waals surface area contributed by atoms with Gasteiger partial charge in [-0.25, -0.2) is 18.2 Å². The van der Waals surface area contributed by atoms with Gasteiger partial charge in [-0.1, -0.05) is 48.8 Å². The van der Waals surface area contributed by atoms with Crippen molar-refractivity contribution >= 4 is 21.4 Å². The predicted octanol–water partition coefficient (Wildman–Crippen LogP) is 2.03. The van der Waals surface area contributed by atoms with E-state index in [0.717, 1.165) is 17.6 Å². The second-order valence-electron chi connectivity index (χ2n) is 5.78. The van der Waals surface area contributed by atoms with E-state index >= 15 is 0 Å². The van der Waals surface area contributed by atoms with Crippen LogP contribution in [0.25, 0.3) is 10.6 Å². The van der Waals surface area contributed by atoms with E-state index in [4.69, 9.17) is 10.1 Å². The summed E-state index contributed by atoms with van der Waals surface area (Å²) >= 11 is 1.40. The van der Waals surface area contributed by atoms with Gasteiger partial charge in [-0.05, 0) is 18.9 Å². The molecular weight excluding hydrogens is 332 g/mol. The molecule has 1 aromatic heterocycles. The lowest BCUT2D eigenvalue weighted by Gasteiger charge is -2.16. The van der Waals surface area contributed by atoms with Crippen LogP contribution in [-0.2, 0) is 17.1 Å². The number of hydrogen-bond acceptors (Lipinski definition) is 5. The van der Waals surface area contributed by atoms with E-state index in [-0.39, 0.29) is 4.90 Å². The van der Waals surface area contributed by atoms with E-state index < -0.39 is 10.0 Å². The van der Waals surface area contributed by atoms with Crippen molar-refractivity contribution in [3.05, 3.63) is 29.1 Å². The highest BCUT2D eigenvalue weighted by atomic mass is 32.2. The van der Waals surface area contributed by atoms with Crippen molar-refractivity contribution in [2.24, 2.45) is 17.2 Å². The van der Waals surface area contributed by atoms with Crippen LogP contribution in [0.15, 0.2) is 34.2 Å². The molecule has 0 amide bonds. The van der Waals surface area contributed by atoms with Crippen molar-refractivity contribution in [1.82, 2.24) is 9.78 Å². The van der Waals surface area contributed by atoms with Crippen molar-refractivity contribution in [2.75, 3.05) is 0 Å². The highest BCUT2D eigenvalue weighted by Gasteiger charge is 2.18. The van der Waals surface area contributed by atoms with Gasteiger partial charge in [0.2, 0.25) is 14.8 Å². The van der Waals surface area contributed by atoms with Gasteiger partial charge in [-0.2, -0.15) is 5.10 Å². The number of hydrogen-bond donors (Lipinski definition) is 1. The molecule has 8 heteroatoms. The lowest BCUT2D eigenvalue weighted by atomic mass is 9.96. The van der Waals surface area contributed by atoms with Crippen molar-refractivity contribution in [3.8, 4) is 10.6 Å². The number of benzene rings is 1. The number of aryl methyl sites for hydroxylation is 1. The van der Waals surface area contributed by atoms with Gasteiger partial charge in [-0.3, -0.25) is 4.99 Å². The molecule has 1 heterocycles. The maximum atomic E-state index is 11.8. The fourth-order valence-electron chi connectivity index (χ4n) is 2.83. The Labute approximate surface area is 139 Å². The van der Waals surface area contributed by atoms with Gasteiger partial charge in [0.15, 0.2) is 0 Å². The molecular formula is C15H20N4O2S2. The van der Waals surface area contributed by atoms with Gasteiger partial charge < -0.3 is 0 Å². The average molecular weight is 352 g/mol. The van der Waals surface area contributed by atoms with Crippen molar-refractivity contribution in [2.45, 2.75) is 43.0 Å². The van der Waals surface area contributed by atoms with Gasteiger partial charge >= 0.3 is 0 Å². The fourth-order valence-corrected chi connectivity index (χ4v) is 4.63. The zero-order valence-corrected chi connectivity index (χ0v) is 14.6. The maximum absolute atomic E-state index is 11.8. The van der Waals surface area contributed by atoms with Gasteiger partial charge in [0, 0.05) is 12.6 Å². The topological polar surface area (TPSA) is 90.3 Å². The lowest BCUT2D eigenvalue weighted by molar-refractivity contribution is 0.434. The molecule has 1 fully saturated rings. The van der Waals surface area contributed by atoms with Crippen molar-refractivity contribution in [3.63, 3.8) is 0 Å². The van der Waals surface area contributed by atoms with Crippen LogP contribution in [0.5, 0.6) is 0 Å². The Balaban J connectivity index is 2.03. The summed E-state index contributed by atoms with van der Waals surface area (Å²) < 4.78 is 25.2. The van der Waals surface area contributed by atoms with E-state index in [1.54, 1.807) is 22.9 Å². The van der Waals surface area contributed by atoms with Crippen LogP contribution in [0, 0.1) is 0 Å². The molecule has 1 saturated carbocycles. The summed E-state index contributed by atoms with van der Waals surface area (Å²) in [5.74, 6) is 0. The summed E-state index contributed by atoms with van der Waals surface area (Å²) in [4.78, 5) is 5.71. The number of nitrogens with two attached hydrogens (primary N) is 1. The first-order valence-electron chi connectivity index (χ1n) is 7.65. The average Bonchev–Trinajstić information content (AvgIpc) is 2.88. The molecule has 1 aliphatic rings. The first-order valence-corrected chi connectivity index (χ1v) is 10.0. The summed E-state index contributed by atoms with van der Waals surface area (Å²) in [5, 5.41) is 10.4.